The molecule has 1 saturated heterocycles. The Morgan fingerprint density at radius 2 is 2.05 bits per heavy atom. The van der Waals surface area contributed by atoms with Crippen LogP contribution in [-0.4, -0.2) is 46.1 Å². The second-order valence-electron chi connectivity index (χ2n) is 5.91. The van der Waals surface area contributed by atoms with Gasteiger partial charge in [-0.25, -0.2) is 4.98 Å². The quantitative estimate of drug-likeness (QED) is 0.891. The third kappa shape index (κ3) is 3.94. The number of aryl methyl sites for hydroxylation is 1. The molecule has 0 aliphatic carbocycles. The zero-order valence-electron chi connectivity index (χ0n) is 13.1. The number of pyridine rings is 1. The van der Waals surface area contributed by atoms with E-state index in [1.54, 1.807) is 0 Å². The van der Waals surface area contributed by atoms with Gasteiger partial charge in [0.2, 0.25) is 0 Å². The average Bonchev–Trinajstić information content (AvgIpc) is 2.46. The predicted octanol–water partition coefficient (Wildman–Crippen LogP) is 2.06. The minimum Gasteiger partial charge on any atom is -0.390 e. The Kier molecular flexibility index (Phi) is 4.83. The summed E-state index contributed by atoms with van der Waals surface area (Å²) in [5.41, 5.74) is 0.957. The van der Waals surface area contributed by atoms with Crippen molar-refractivity contribution in [2.24, 2.45) is 0 Å². The number of carbonyl (C=O) groups excluding carboxylic acids is 1. The van der Waals surface area contributed by atoms with Crippen molar-refractivity contribution in [3.8, 4) is 0 Å². The number of amides is 1. The Morgan fingerprint density at radius 1 is 1.38 bits per heavy atom. The molecule has 1 aromatic heterocycles. The van der Waals surface area contributed by atoms with Crippen molar-refractivity contribution in [1.29, 1.82) is 0 Å². The summed E-state index contributed by atoms with van der Waals surface area (Å²) in [7, 11) is 0. The third-order valence-electron chi connectivity index (χ3n) is 3.97. The van der Waals surface area contributed by atoms with Gasteiger partial charge in [-0.15, -0.1) is 0 Å². The molecule has 0 aromatic carbocycles. The van der Waals surface area contributed by atoms with Crippen molar-refractivity contribution in [1.82, 2.24) is 9.88 Å². The van der Waals surface area contributed by atoms with Crippen LogP contribution in [0.2, 0.25) is 0 Å². The number of aromatic nitrogens is 1. The fourth-order valence-electron chi connectivity index (χ4n) is 2.54. The summed E-state index contributed by atoms with van der Waals surface area (Å²) < 4.78 is 0. The van der Waals surface area contributed by atoms with E-state index >= 15 is 0 Å². The van der Waals surface area contributed by atoms with Gasteiger partial charge in [-0.05, 0) is 45.2 Å². The molecule has 0 spiro atoms. The molecule has 2 heterocycles. The van der Waals surface area contributed by atoms with Gasteiger partial charge in [-0.3, -0.25) is 4.79 Å². The van der Waals surface area contributed by atoms with Gasteiger partial charge in [0.05, 0.1) is 5.60 Å². The molecule has 0 radical (unpaired) electrons. The van der Waals surface area contributed by atoms with Gasteiger partial charge in [-0.1, -0.05) is 6.92 Å². The lowest BCUT2D eigenvalue weighted by Gasteiger charge is -2.35. The van der Waals surface area contributed by atoms with Gasteiger partial charge in [0.15, 0.2) is 0 Å². The van der Waals surface area contributed by atoms with Crippen LogP contribution in [0, 0.1) is 0 Å². The Hall–Kier alpha value is -1.62. The normalized spacial score (nSPS) is 17.6. The first-order valence-corrected chi connectivity index (χ1v) is 7.71. The summed E-state index contributed by atoms with van der Waals surface area (Å²) in [6, 6.07) is 3.69. The van der Waals surface area contributed by atoms with Crippen LogP contribution >= 0.6 is 0 Å². The van der Waals surface area contributed by atoms with Crippen LogP contribution in [0.4, 0.5) is 5.82 Å². The average molecular weight is 291 g/mol. The van der Waals surface area contributed by atoms with E-state index in [2.05, 4.69) is 10.3 Å². The van der Waals surface area contributed by atoms with Crippen molar-refractivity contribution in [2.75, 3.05) is 25.0 Å². The Morgan fingerprint density at radius 3 is 2.62 bits per heavy atom. The van der Waals surface area contributed by atoms with E-state index in [4.69, 9.17) is 0 Å². The van der Waals surface area contributed by atoms with Gasteiger partial charge in [-0.2, -0.15) is 0 Å². The second kappa shape index (κ2) is 6.43. The van der Waals surface area contributed by atoms with Crippen molar-refractivity contribution in [3.05, 3.63) is 23.4 Å². The fourth-order valence-corrected chi connectivity index (χ4v) is 2.54. The highest BCUT2D eigenvalue weighted by Crippen LogP contribution is 2.23. The van der Waals surface area contributed by atoms with E-state index in [9.17, 15) is 9.90 Å². The highest BCUT2D eigenvalue weighted by atomic mass is 16.3. The van der Waals surface area contributed by atoms with Crippen molar-refractivity contribution < 1.29 is 9.90 Å². The molecule has 5 heteroatoms. The summed E-state index contributed by atoms with van der Waals surface area (Å²) in [6.07, 6.45) is 2.06. The molecule has 1 amide bonds. The molecule has 1 aromatic rings. The summed E-state index contributed by atoms with van der Waals surface area (Å²) in [4.78, 5) is 18.9. The summed E-state index contributed by atoms with van der Waals surface area (Å²) >= 11 is 0. The maximum absolute atomic E-state index is 12.6. The SMILES string of the molecule is CCNc1cc(C(=O)N2CCC(C)(O)CC2)cc(CC)n1. The van der Waals surface area contributed by atoms with Crippen LogP contribution in [0.5, 0.6) is 0 Å². The first-order valence-electron chi connectivity index (χ1n) is 7.71. The molecule has 0 atom stereocenters. The van der Waals surface area contributed by atoms with Gasteiger partial charge >= 0.3 is 0 Å². The summed E-state index contributed by atoms with van der Waals surface area (Å²) in [5.74, 6) is 0.783. The number of anilines is 1. The van der Waals surface area contributed by atoms with Crippen LogP contribution in [0.1, 0.15) is 49.7 Å². The lowest BCUT2D eigenvalue weighted by atomic mass is 9.93. The molecule has 5 nitrogen and oxygen atoms in total. The molecule has 0 saturated carbocycles. The maximum atomic E-state index is 12.6. The van der Waals surface area contributed by atoms with E-state index in [1.807, 2.05) is 37.8 Å². The molecule has 2 rings (SSSR count). The minimum atomic E-state index is -0.640. The Bertz CT molecular complexity index is 504. The predicted molar refractivity (Wildman–Crippen MR) is 83.5 cm³/mol. The van der Waals surface area contributed by atoms with E-state index in [0.29, 0.717) is 31.5 Å². The third-order valence-corrected chi connectivity index (χ3v) is 3.97. The maximum Gasteiger partial charge on any atom is 0.254 e. The summed E-state index contributed by atoms with van der Waals surface area (Å²) in [5, 5.41) is 13.2. The van der Waals surface area contributed by atoms with E-state index in [0.717, 1.165) is 24.5 Å². The zero-order valence-corrected chi connectivity index (χ0v) is 13.1. The van der Waals surface area contributed by atoms with Gasteiger partial charge < -0.3 is 15.3 Å². The lowest BCUT2D eigenvalue weighted by molar-refractivity contribution is -0.00203. The standard InChI is InChI=1S/C16H25N3O2/c1-4-13-10-12(11-14(18-13)17-5-2)15(20)19-8-6-16(3,21)7-9-19/h10-11,21H,4-9H2,1-3H3,(H,17,18). The number of hydrogen-bond acceptors (Lipinski definition) is 4. The topological polar surface area (TPSA) is 65.5 Å². The molecule has 116 valence electrons. The number of carbonyl (C=O) groups is 1. The second-order valence-corrected chi connectivity index (χ2v) is 5.91. The largest absolute Gasteiger partial charge is 0.390 e. The number of piperidine rings is 1. The smallest absolute Gasteiger partial charge is 0.254 e. The molecule has 1 aliphatic heterocycles. The highest BCUT2D eigenvalue weighted by Gasteiger charge is 2.30. The fraction of sp³-hybridized carbons (Fsp3) is 0.625. The van der Waals surface area contributed by atoms with Crippen molar-refractivity contribution >= 4 is 11.7 Å². The number of nitrogens with zero attached hydrogens (tertiary/aromatic N) is 2. The first kappa shape index (κ1) is 15.8. The van der Waals surface area contributed by atoms with Crippen molar-refractivity contribution in [3.63, 3.8) is 0 Å². The van der Waals surface area contributed by atoms with Gasteiger partial charge in [0, 0.05) is 30.9 Å². The van der Waals surface area contributed by atoms with E-state index in [1.165, 1.54) is 0 Å². The van der Waals surface area contributed by atoms with Crippen LogP contribution < -0.4 is 5.32 Å². The number of aliphatic hydroxyl groups is 1. The van der Waals surface area contributed by atoms with Gasteiger partial charge in [0.25, 0.3) is 5.91 Å². The molecule has 21 heavy (non-hydrogen) atoms. The molecule has 0 bridgehead atoms. The van der Waals surface area contributed by atoms with E-state index < -0.39 is 5.60 Å². The number of hydrogen-bond donors (Lipinski definition) is 2. The number of likely N-dealkylation sites (tertiary alicyclic amines) is 1. The highest BCUT2D eigenvalue weighted by molar-refractivity contribution is 5.95. The molecule has 0 unspecified atom stereocenters. The number of nitrogens with one attached hydrogen (secondary N) is 1. The number of rotatable bonds is 4. The molecular formula is C16H25N3O2. The van der Waals surface area contributed by atoms with Crippen LogP contribution in [0.3, 0.4) is 0 Å². The minimum absolute atomic E-state index is 0.0294. The lowest BCUT2D eigenvalue weighted by Crippen LogP contribution is -2.45. The summed E-state index contributed by atoms with van der Waals surface area (Å²) in [6.45, 7) is 7.86. The van der Waals surface area contributed by atoms with E-state index in [-0.39, 0.29) is 5.91 Å². The molecule has 1 fully saturated rings. The zero-order chi connectivity index (χ0) is 15.5. The first-order chi connectivity index (χ1) is 9.95. The van der Waals surface area contributed by atoms with Crippen LogP contribution in [-0.2, 0) is 6.42 Å². The van der Waals surface area contributed by atoms with Crippen LogP contribution in [0.25, 0.3) is 0 Å². The van der Waals surface area contributed by atoms with Crippen molar-refractivity contribution in [2.45, 2.75) is 45.6 Å². The van der Waals surface area contributed by atoms with Crippen LogP contribution in [0.15, 0.2) is 12.1 Å². The monoisotopic (exact) mass is 291 g/mol. The van der Waals surface area contributed by atoms with Gasteiger partial charge in [0.1, 0.15) is 5.82 Å². The molecule has 2 N–H and O–H groups in total. The molecule has 1 aliphatic rings. The molecular weight excluding hydrogens is 266 g/mol. The Labute approximate surface area is 126 Å². The Balaban J connectivity index is 2.16.